The van der Waals surface area contributed by atoms with Crippen molar-refractivity contribution in [2.75, 3.05) is 18.1 Å². The third-order valence-electron chi connectivity index (χ3n) is 4.02. The lowest BCUT2D eigenvalue weighted by Gasteiger charge is -2.35. The van der Waals surface area contributed by atoms with Crippen LogP contribution in [-0.4, -0.2) is 24.2 Å². The summed E-state index contributed by atoms with van der Waals surface area (Å²) in [6, 6.07) is 4.99. The van der Waals surface area contributed by atoms with E-state index in [1.165, 1.54) is 29.1 Å². The van der Waals surface area contributed by atoms with Crippen LogP contribution in [0.3, 0.4) is 0 Å². The third-order valence-corrected chi connectivity index (χ3v) is 6.10. The first kappa shape index (κ1) is 14.7. The molecule has 1 fully saturated rings. The lowest BCUT2D eigenvalue weighted by molar-refractivity contribution is 0.314. The Kier molecular flexibility index (Phi) is 4.34. The lowest BCUT2D eigenvalue weighted by atomic mass is 9.88. The van der Waals surface area contributed by atoms with Crippen LogP contribution in [0.2, 0.25) is 0 Å². The van der Waals surface area contributed by atoms with Gasteiger partial charge in [0.25, 0.3) is 0 Å². The summed E-state index contributed by atoms with van der Waals surface area (Å²) in [5.41, 5.74) is 3.09. The van der Waals surface area contributed by atoms with E-state index in [-0.39, 0.29) is 0 Å². The number of nitrogens with one attached hydrogen (secondary N) is 1. The number of halogens is 1. The first-order valence-electron chi connectivity index (χ1n) is 7.29. The van der Waals surface area contributed by atoms with Gasteiger partial charge in [0.15, 0.2) is 0 Å². The predicted octanol–water partition coefficient (Wildman–Crippen LogP) is 4.01. The van der Waals surface area contributed by atoms with E-state index in [0.29, 0.717) is 11.5 Å². The van der Waals surface area contributed by atoms with Crippen LogP contribution in [-0.2, 0) is 13.0 Å². The fourth-order valence-electron chi connectivity index (χ4n) is 3.13. The molecule has 2 aliphatic heterocycles. The van der Waals surface area contributed by atoms with Gasteiger partial charge in [0, 0.05) is 34.8 Å². The Labute approximate surface area is 134 Å². The number of hydrogen-bond acceptors (Lipinski definition) is 3. The van der Waals surface area contributed by atoms with Crippen LogP contribution in [0.1, 0.15) is 31.4 Å². The van der Waals surface area contributed by atoms with Gasteiger partial charge in [-0.2, -0.15) is 11.8 Å². The molecule has 0 saturated carbocycles. The van der Waals surface area contributed by atoms with Crippen molar-refractivity contribution in [2.45, 2.75) is 39.3 Å². The Morgan fingerprint density at radius 1 is 1.45 bits per heavy atom. The second kappa shape index (κ2) is 5.90. The first-order chi connectivity index (χ1) is 9.53. The molecule has 2 heterocycles. The van der Waals surface area contributed by atoms with Crippen LogP contribution < -0.4 is 10.1 Å². The SMILES string of the molecule is CC1(C)CSCC(NCc2cc(Br)cc3c2OCC3)C1. The van der Waals surface area contributed by atoms with Crippen molar-refractivity contribution in [3.63, 3.8) is 0 Å². The zero-order chi connectivity index (χ0) is 14.2. The molecule has 1 atom stereocenters. The summed E-state index contributed by atoms with van der Waals surface area (Å²) in [4.78, 5) is 0. The normalized spacial score (nSPS) is 24.2. The van der Waals surface area contributed by atoms with Gasteiger partial charge in [0.1, 0.15) is 5.75 Å². The maximum atomic E-state index is 5.80. The summed E-state index contributed by atoms with van der Waals surface area (Å²) in [5.74, 6) is 3.62. The molecule has 0 amide bonds. The predicted molar refractivity (Wildman–Crippen MR) is 89.7 cm³/mol. The van der Waals surface area contributed by atoms with E-state index in [4.69, 9.17) is 4.74 Å². The number of thioether (sulfide) groups is 1. The van der Waals surface area contributed by atoms with Gasteiger partial charge >= 0.3 is 0 Å². The molecule has 1 unspecified atom stereocenters. The van der Waals surface area contributed by atoms with Crippen LogP contribution >= 0.6 is 27.7 Å². The maximum Gasteiger partial charge on any atom is 0.127 e. The maximum absolute atomic E-state index is 5.80. The Morgan fingerprint density at radius 2 is 2.30 bits per heavy atom. The van der Waals surface area contributed by atoms with Crippen LogP contribution in [0.4, 0.5) is 0 Å². The van der Waals surface area contributed by atoms with E-state index >= 15 is 0 Å². The van der Waals surface area contributed by atoms with Gasteiger partial charge in [0.05, 0.1) is 6.61 Å². The van der Waals surface area contributed by atoms with Gasteiger partial charge in [-0.3, -0.25) is 0 Å². The van der Waals surface area contributed by atoms with Gasteiger partial charge < -0.3 is 10.1 Å². The summed E-state index contributed by atoms with van der Waals surface area (Å²) in [6.07, 6.45) is 2.30. The van der Waals surface area contributed by atoms with Crippen LogP contribution in [0.25, 0.3) is 0 Å². The number of hydrogen-bond donors (Lipinski definition) is 1. The quantitative estimate of drug-likeness (QED) is 0.884. The molecule has 1 aromatic carbocycles. The summed E-state index contributed by atoms with van der Waals surface area (Å²) < 4.78 is 6.96. The topological polar surface area (TPSA) is 21.3 Å². The highest BCUT2D eigenvalue weighted by Gasteiger charge is 2.28. The van der Waals surface area contributed by atoms with Crippen molar-refractivity contribution in [3.05, 3.63) is 27.7 Å². The van der Waals surface area contributed by atoms with Crippen LogP contribution in [0, 0.1) is 5.41 Å². The van der Waals surface area contributed by atoms with E-state index in [9.17, 15) is 0 Å². The Balaban J connectivity index is 1.67. The van der Waals surface area contributed by atoms with E-state index in [1.807, 2.05) is 0 Å². The van der Waals surface area contributed by atoms with Gasteiger partial charge in [0.2, 0.25) is 0 Å². The number of ether oxygens (including phenoxy) is 1. The molecule has 1 saturated heterocycles. The summed E-state index contributed by atoms with van der Waals surface area (Å²) in [5, 5.41) is 3.73. The van der Waals surface area contributed by atoms with Gasteiger partial charge in [-0.25, -0.2) is 0 Å². The molecule has 3 rings (SSSR count). The van der Waals surface area contributed by atoms with Crippen molar-refractivity contribution in [2.24, 2.45) is 5.41 Å². The molecule has 0 bridgehead atoms. The molecular formula is C16H22BrNOS. The summed E-state index contributed by atoms with van der Waals surface area (Å²) in [7, 11) is 0. The molecule has 0 radical (unpaired) electrons. The molecule has 1 N–H and O–H groups in total. The Bertz CT molecular complexity index is 503. The Morgan fingerprint density at radius 3 is 3.10 bits per heavy atom. The Hall–Kier alpha value is -0.190. The second-order valence-electron chi connectivity index (χ2n) is 6.61. The lowest BCUT2D eigenvalue weighted by Crippen LogP contribution is -2.40. The average molecular weight is 356 g/mol. The number of benzene rings is 1. The largest absolute Gasteiger partial charge is 0.493 e. The smallest absolute Gasteiger partial charge is 0.127 e. The monoisotopic (exact) mass is 355 g/mol. The highest BCUT2D eigenvalue weighted by molar-refractivity contribution is 9.10. The fourth-order valence-corrected chi connectivity index (χ4v) is 4.99. The molecular weight excluding hydrogens is 334 g/mol. The molecule has 0 aromatic heterocycles. The van der Waals surface area contributed by atoms with Crippen molar-refractivity contribution < 1.29 is 4.74 Å². The third kappa shape index (κ3) is 3.34. The minimum Gasteiger partial charge on any atom is -0.493 e. The number of fused-ring (bicyclic) bond motifs is 1. The molecule has 0 spiro atoms. The van der Waals surface area contributed by atoms with Crippen molar-refractivity contribution in [1.82, 2.24) is 5.32 Å². The van der Waals surface area contributed by atoms with Crippen LogP contribution in [0.5, 0.6) is 5.75 Å². The van der Waals surface area contributed by atoms with E-state index < -0.39 is 0 Å². The molecule has 0 aliphatic carbocycles. The van der Waals surface area contributed by atoms with E-state index in [1.54, 1.807) is 0 Å². The van der Waals surface area contributed by atoms with Gasteiger partial charge in [-0.15, -0.1) is 0 Å². The highest BCUT2D eigenvalue weighted by Crippen LogP contribution is 2.35. The van der Waals surface area contributed by atoms with E-state index in [2.05, 4.69) is 59.0 Å². The van der Waals surface area contributed by atoms with Crippen LogP contribution in [0.15, 0.2) is 16.6 Å². The van der Waals surface area contributed by atoms with Gasteiger partial charge in [-0.05, 0) is 35.3 Å². The standard InChI is InChI=1S/C16H22BrNOS/c1-16(2)7-14(9-20-10-16)18-8-12-6-13(17)5-11-3-4-19-15(11)12/h5-6,14,18H,3-4,7-10H2,1-2H3. The fraction of sp³-hybridized carbons (Fsp3) is 0.625. The highest BCUT2D eigenvalue weighted by atomic mass is 79.9. The first-order valence-corrected chi connectivity index (χ1v) is 9.23. The van der Waals surface area contributed by atoms with Crippen molar-refractivity contribution in [1.29, 1.82) is 0 Å². The molecule has 1 aromatic rings. The molecule has 2 aliphatic rings. The van der Waals surface area contributed by atoms with Crippen molar-refractivity contribution >= 4 is 27.7 Å². The van der Waals surface area contributed by atoms with Gasteiger partial charge in [-0.1, -0.05) is 29.8 Å². The average Bonchev–Trinajstić information content (AvgIpc) is 2.82. The second-order valence-corrected chi connectivity index (χ2v) is 8.56. The molecule has 20 heavy (non-hydrogen) atoms. The molecule has 4 heteroatoms. The van der Waals surface area contributed by atoms with Crippen molar-refractivity contribution in [3.8, 4) is 5.75 Å². The summed E-state index contributed by atoms with van der Waals surface area (Å²) in [6.45, 7) is 6.47. The zero-order valence-electron chi connectivity index (χ0n) is 12.2. The number of rotatable bonds is 3. The molecule has 110 valence electrons. The summed E-state index contributed by atoms with van der Waals surface area (Å²) >= 11 is 5.68. The minimum absolute atomic E-state index is 0.455. The minimum atomic E-state index is 0.455. The zero-order valence-corrected chi connectivity index (χ0v) is 14.6. The van der Waals surface area contributed by atoms with E-state index in [0.717, 1.165) is 29.8 Å². The molecule has 2 nitrogen and oxygen atoms in total.